The fourth-order valence-corrected chi connectivity index (χ4v) is 3.87. The molecule has 3 heteroatoms. The van der Waals surface area contributed by atoms with Crippen LogP contribution in [-0.2, 0) is 25.3 Å². The van der Waals surface area contributed by atoms with Crippen molar-refractivity contribution in [3.8, 4) is 0 Å². The van der Waals surface area contributed by atoms with Crippen LogP contribution < -0.4 is 0 Å². The van der Waals surface area contributed by atoms with E-state index in [-0.39, 0.29) is 5.41 Å². The van der Waals surface area contributed by atoms with E-state index in [9.17, 15) is 0 Å². The maximum absolute atomic E-state index is 6.42. The van der Waals surface area contributed by atoms with Gasteiger partial charge in [-0.25, -0.2) is 0 Å². The van der Waals surface area contributed by atoms with Crippen LogP contribution in [0.25, 0.3) is 0 Å². The SMILES string of the molecule is Cn1cc(CCC2(CCl)CCCc3ccccc32)cn1. The van der Waals surface area contributed by atoms with Gasteiger partial charge in [-0.2, -0.15) is 5.10 Å². The number of hydrogen-bond acceptors (Lipinski definition) is 1. The van der Waals surface area contributed by atoms with E-state index < -0.39 is 0 Å². The van der Waals surface area contributed by atoms with Crippen LogP contribution in [0.1, 0.15) is 36.0 Å². The van der Waals surface area contributed by atoms with Crippen molar-refractivity contribution in [1.29, 1.82) is 0 Å². The van der Waals surface area contributed by atoms with Crippen molar-refractivity contribution in [1.82, 2.24) is 9.78 Å². The van der Waals surface area contributed by atoms with Crippen LogP contribution in [0.5, 0.6) is 0 Å². The van der Waals surface area contributed by atoms with Crippen molar-refractivity contribution in [2.24, 2.45) is 7.05 Å². The molecule has 0 fully saturated rings. The Bertz CT molecular complexity index is 590. The van der Waals surface area contributed by atoms with E-state index in [0.717, 1.165) is 12.8 Å². The van der Waals surface area contributed by atoms with Crippen molar-refractivity contribution >= 4 is 11.6 Å². The first kappa shape index (κ1) is 13.7. The van der Waals surface area contributed by atoms with Gasteiger partial charge in [0.25, 0.3) is 0 Å². The first-order chi connectivity index (χ1) is 9.73. The number of hydrogen-bond donors (Lipinski definition) is 0. The Balaban J connectivity index is 1.85. The highest BCUT2D eigenvalue weighted by Crippen LogP contribution is 2.41. The lowest BCUT2D eigenvalue weighted by molar-refractivity contribution is 0.372. The summed E-state index contributed by atoms with van der Waals surface area (Å²) in [5.74, 6) is 0.713. The molecule has 0 N–H and O–H groups in total. The van der Waals surface area contributed by atoms with Crippen molar-refractivity contribution in [2.45, 2.75) is 37.5 Å². The topological polar surface area (TPSA) is 17.8 Å². The molecule has 1 atom stereocenters. The molecule has 0 aliphatic heterocycles. The van der Waals surface area contributed by atoms with Gasteiger partial charge in [-0.05, 0) is 48.8 Å². The third-order valence-corrected chi connectivity index (χ3v) is 5.11. The van der Waals surface area contributed by atoms with Gasteiger partial charge in [-0.1, -0.05) is 24.3 Å². The zero-order valence-electron chi connectivity index (χ0n) is 12.0. The van der Waals surface area contributed by atoms with Gasteiger partial charge in [0.05, 0.1) is 6.20 Å². The third kappa shape index (κ3) is 2.49. The number of alkyl halides is 1. The van der Waals surface area contributed by atoms with Crippen LogP contribution in [0.4, 0.5) is 0 Å². The molecule has 0 amide bonds. The summed E-state index contributed by atoms with van der Waals surface area (Å²) in [4.78, 5) is 0. The first-order valence-corrected chi connectivity index (χ1v) is 7.89. The number of aryl methyl sites for hydroxylation is 3. The summed E-state index contributed by atoms with van der Waals surface area (Å²) < 4.78 is 1.87. The summed E-state index contributed by atoms with van der Waals surface area (Å²) >= 11 is 6.42. The second kappa shape index (κ2) is 5.61. The molecule has 2 nitrogen and oxygen atoms in total. The first-order valence-electron chi connectivity index (χ1n) is 7.35. The molecule has 1 unspecified atom stereocenters. The summed E-state index contributed by atoms with van der Waals surface area (Å²) in [6, 6.07) is 8.83. The molecule has 2 aromatic rings. The lowest BCUT2D eigenvalue weighted by Crippen LogP contribution is -2.33. The molecule has 0 radical (unpaired) electrons. The smallest absolute Gasteiger partial charge is 0.0521 e. The highest BCUT2D eigenvalue weighted by Gasteiger charge is 2.35. The lowest BCUT2D eigenvalue weighted by Gasteiger charge is -2.38. The van der Waals surface area contributed by atoms with Crippen LogP contribution in [0.15, 0.2) is 36.7 Å². The van der Waals surface area contributed by atoms with Crippen molar-refractivity contribution in [3.63, 3.8) is 0 Å². The Morgan fingerprint density at radius 1 is 1.35 bits per heavy atom. The maximum atomic E-state index is 6.42. The number of nitrogens with zero attached hydrogens (tertiary/aromatic N) is 2. The van der Waals surface area contributed by atoms with Crippen molar-refractivity contribution < 1.29 is 0 Å². The predicted octanol–water partition coefficient (Wildman–Crippen LogP) is 3.87. The zero-order valence-corrected chi connectivity index (χ0v) is 12.7. The fraction of sp³-hybridized carbons (Fsp3) is 0.471. The molecule has 0 saturated carbocycles. The molecular formula is C17H21ClN2. The number of halogens is 1. The normalized spacial score (nSPS) is 21.7. The van der Waals surface area contributed by atoms with Gasteiger partial charge >= 0.3 is 0 Å². The standard InChI is InChI=1S/C17H21ClN2/c1-20-12-14(11-19-20)8-10-17(13-18)9-4-6-15-5-2-3-7-16(15)17/h2-3,5,7,11-12H,4,6,8-10,13H2,1H3. The molecule has 3 rings (SSSR count). The van der Waals surface area contributed by atoms with Gasteiger partial charge < -0.3 is 0 Å². The Morgan fingerprint density at radius 2 is 2.20 bits per heavy atom. The Morgan fingerprint density at radius 3 is 2.95 bits per heavy atom. The molecule has 0 bridgehead atoms. The Kier molecular flexibility index (Phi) is 3.84. The Labute approximate surface area is 125 Å². The summed E-state index contributed by atoms with van der Waals surface area (Å²) in [6.07, 6.45) is 9.88. The predicted molar refractivity (Wildman–Crippen MR) is 83.3 cm³/mol. The van der Waals surface area contributed by atoms with Crippen molar-refractivity contribution in [3.05, 3.63) is 53.3 Å². The second-order valence-electron chi connectivity index (χ2n) is 5.95. The van der Waals surface area contributed by atoms with Gasteiger partial charge in [0.2, 0.25) is 0 Å². The number of benzene rings is 1. The van der Waals surface area contributed by atoms with E-state index in [1.807, 2.05) is 17.9 Å². The van der Waals surface area contributed by atoms with Crippen LogP contribution in [0.2, 0.25) is 0 Å². The number of aromatic nitrogens is 2. The highest BCUT2D eigenvalue weighted by atomic mass is 35.5. The second-order valence-corrected chi connectivity index (χ2v) is 6.21. The van der Waals surface area contributed by atoms with E-state index in [4.69, 9.17) is 11.6 Å². The minimum absolute atomic E-state index is 0.145. The largest absolute Gasteiger partial charge is 0.276 e. The van der Waals surface area contributed by atoms with Gasteiger partial charge in [0.15, 0.2) is 0 Å². The molecule has 1 aromatic carbocycles. The number of fused-ring (bicyclic) bond motifs is 1. The van der Waals surface area contributed by atoms with Gasteiger partial charge in [0.1, 0.15) is 0 Å². The Hall–Kier alpha value is -1.28. The highest BCUT2D eigenvalue weighted by molar-refractivity contribution is 6.18. The van der Waals surface area contributed by atoms with Crippen LogP contribution in [0, 0.1) is 0 Å². The minimum atomic E-state index is 0.145. The minimum Gasteiger partial charge on any atom is -0.276 e. The zero-order chi connectivity index (χ0) is 14.0. The molecule has 0 saturated heterocycles. The van der Waals surface area contributed by atoms with Gasteiger partial charge in [-0.15, -0.1) is 11.6 Å². The van der Waals surface area contributed by atoms with Gasteiger partial charge in [-0.3, -0.25) is 4.68 Å². The number of rotatable bonds is 4. The molecule has 1 heterocycles. The third-order valence-electron chi connectivity index (χ3n) is 4.60. The molecule has 106 valence electrons. The fourth-order valence-electron chi connectivity index (χ4n) is 3.46. The summed E-state index contributed by atoms with van der Waals surface area (Å²) in [6.45, 7) is 0. The molecule has 0 spiro atoms. The lowest BCUT2D eigenvalue weighted by atomic mass is 9.68. The quantitative estimate of drug-likeness (QED) is 0.781. The summed E-state index contributed by atoms with van der Waals surface area (Å²) in [5.41, 5.74) is 4.42. The van der Waals surface area contributed by atoms with Crippen LogP contribution in [0.3, 0.4) is 0 Å². The van der Waals surface area contributed by atoms with Crippen molar-refractivity contribution in [2.75, 3.05) is 5.88 Å². The van der Waals surface area contributed by atoms with Gasteiger partial charge in [0, 0.05) is 24.5 Å². The van der Waals surface area contributed by atoms with E-state index in [1.54, 1.807) is 0 Å². The summed E-state index contributed by atoms with van der Waals surface area (Å²) in [5, 5.41) is 4.26. The monoisotopic (exact) mass is 288 g/mol. The summed E-state index contributed by atoms with van der Waals surface area (Å²) in [7, 11) is 1.97. The average molecular weight is 289 g/mol. The molecular weight excluding hydrogens is 268 g/mol. The van der Waals surface area contributed by atoms with E-state index in [2.05, 4.69) is 35.6 Å². The molecule has 1 aliphatic carbocycles. The average Bonchev–Trinajstić information content (AvgIpc) is 2.91. The van der Waals surface area contributed by atoms with E-state index in [1.165, 1.54) is 36.0 Å². The molecule has 1 aliphatic rings. The molecule has 1 aromatic heterocycles. The van der Waals surface area contributed by atoms with E-state index in [0.29, 0.717) is 5.88 Å². The maximum Gasteiger partial charge on any atom is 0.0521 e. The van der Waals surface area contributed by atoms with Crippen LogP contribution >= 0.6 is 11.6 Å². The molecule has 20 heavy (non-hydrogen) atoms. The van der Waals surface area contributed by atoms with Crippen LogP contribution in [-0.4, -0.2) is 15.7 Å². The van der Waals surface area contributed by atoms with E-state index >= 15 is 0 Å².